The van der Waals surface area contributed by atoms with Gasteiger partial charge < -0.3 is 9.30 Å². The van der Waals surface area contributed by atoms with Crippen molar-refractivity contribution in [2.75, 3.05) is 7.11 Å². The summed E-state index contributed by atoms with van der Waals surface area (Å²) in [4.78, 5) is 0.262. The minimum Gasteiger partial charge on any atom is -0.497 e. The van der Waals surface area contributed by atoms with Gasteiger partial charge in [-0.25, -0.2) is 13.1 Å². The fourth-order valence-corrected chi connectivity index (χ4v) is 3.60. The molecule has 0 unspecified atom stereocenters. The maximum atomic E-state index is 12.3. The summed E-state index contributed by atoms with van der Waals surface area (Å²) in [6.45, 7) is 0.224. The lowest BCUT2D eigenvalue weighted by molar-refractivity contribution is 0.415. The van der Waals surface area contributed by atoms with Crippen molar-refractivity contribution in [3.8, 4) is 5.75 Å². The fourth-order valence-electron chi connectivity index (χ4n) is 2.58. The zero-order chi connectivity index (χ0) is 16.4. The van der Waals surface area contributed by atoms with Crippen LogP contribution < -0.4 is 9.46 Å². The van der Waals surface area contributed by atoms with Crippen molar-refractivity contribution < 1.29 is 13.2 Å². The van der Waals surface area contributed by atoms with Crippen molar-refractivity contribution in [3.05, 3.63) is 60.3 Å². The molecule has 0 spiro atoms. The van der Waals surface area contributed by atoms with Gasteiger partial charge in [0, 0.05) is 30.7 Å². The van der Waals surface area contributed by atoms with Crippen LogP contribution in [0.4, 0.5) is 0 Å². The number of aryl methyl sites for hydroxylation is 1. The van der Waals surface area contributed by atoms with E-state index in [0.29, 0.717) is 0 Å². The SMILES string of the molecule is COc1ccc2c(c1)c(CNS(=O)(=O)c1ccccc1)cn2C. The zero-order valence-corrected chi connectivity index (χ0v) is 13.8. The third-order valence-electron chi connectivity index (χ3n) is 3.79. The molecule has 0 radical (unpaired) electrons. The van der Waals surface area contributed by atoms with Gasteiger partial charge in [-0.1, -0.05) is 18.2 Å². The molecular weight excluding hydrogens is 312 g/mol. The standard InChI is InChI=1S/C17H18N2O3S/c1-19-12-13(16-10-14(22-2)8-9-17(16)19)11-18-23(20,21)15-6-4-3-5-7-15/h3-10,12,18H,11H2,1-2H3. The molecule has 23 heavy (non-hydrogen) atoms. The van der Waals surface area contributed by atoms with Gasteiger partial charge in [-0.15, -0.1) is 0 Å². The number of benzene rings is 2. The monoisotopic (exact) mass is 330 g/mol. The molecule has 0 atom stereocenters. The summed E-state index contributed by atoms with van der Waals surface area (Å²) < 4.78 is 34.5. The summed E-state index contributed by atoms with van der Waals surface area (Å²) in [5.41, 5.74) is 1.93. The van der Waals surface area contributed by atoms with Gasteiger partial charge in [0.15, 0.2) is 0 Å². The molecule has 0 aliphatic carbocycles. The second-order valence-electron chi connectivity index (χ2n) is 5.29. The van der Waals surface area contributed by atoms with Crippen molar-refractivity contribution in [2.45, 2.75) is 11.4 Å². The van der Waals surface area contributed by atoms with Gasteiger partial charge in [-0.3, -0.25) is 0 Å². The van der Waals surface area contributed by atoms with Crippen molar-refractivity contribution in [1.82, 2.24) is 9.29 Å². The van der Waals surface area contributed by atoms with E-state index in [1.165, 1.54) is 0 Å². The first-order valence-corrected chi connectivity index (χ1v) is 8.66. The summed E-state index contributed by atoms with van der Waals surface area (Å²) in [7, 11) is 0.0235. The van der Waals surface area contributed by atoms with Crippen LogP contribution in [0.5, 0.6) is 5.75 Å². The number of sulfonamides is 1. The summed E-state index contributed by atoms with van der Waals surface area (Å²) in [6, 6.07) is 14.1. The molecule has 2 aromatic carbocycles. The molecule has 1 aromatic heterocycles. The fraction of sp³-hybridized carbons (Fsp3) is 0.176. The predicted molar refractivity (Wildman–Crippen MR) is 89.9 cm³/mol. The first kappa shape index (κ1) is 15.6. The van der Waals surface area contributed by atoms with Gasteiger partial charge in [0.25, 0.3) is 0 Å². The largest absolute Gasteiger partial charge is 0.497 e. The lowest BCUT2D eigenvalue weighted by atomic mass is 10.1. The number of methoxy groups -OCH3 is 1. The van der Waals surface area contributed by atoms with Crippen LogP contribution in [0.15, 0.2) is 59.6 Å². The Labute approximate surface area is 135 Å². The quantitative estimate of drug-likeness (QED) is 0.782. The highest BCUT2D eigenvalue weighted by molar-refractivity contribution is 7.89. The van der Waals surface area contributed by atoms with Crippen LogP contribution in [0.3, 0.4) is 0 Å². The predicted octanol–water partition coefficient (Wildman–Crippen LogP) is 2.67. The Morgan fingerprint density at radius 2 is 1.87 bits per heavy atom. The van der Waals surface area contributed by atoms with E-state index in [-0.39, 0.29) is 11.4 Å². The number of rotatable bonds is 5. The highest BCUT2D eigenvalue weighted by atomic mass is 32.2. The Bertz CT molecular complexity index is 931. The number of ether oxygens (including phenoxy) is 1. The van der Waals surface area contributed by atoms with Gasteiger partial charge in [0.05, 0.1) is 12.0 Å². The number of nitrogens with zero attached hydrogens (tertiary/aromatic N) is 1. The normalized spacial score (nSPS) is 11.7. The Morgan fingerprint density at radius 1 is 1.13 bits per heavy atom. The van der Waals surface area contributed by atoms with Gasteiger partial charge in [0.2, 0.25) is 10.0 Å². The van der Waals surface area contributed by atoms with E-state index >= 15 is 0 Å². The second kappa shape index (κ2) is 6.06. The minimum atomic E-state index is -3.52. The number of fused-ring (bicyclic) bond motifs is 1. The first-order valence-electron chi connectivity index (χ1n) is 7.18. The average molecular weight is 330 g/mol. The minimum absolute atomic E-state index is 0.224. The Kier molecular flexibility index (Phi) is 4.11. The summed E-state index contributed by atoms with van der Waals surface area (Å²) in [5.74, 6) is 0.746. The van der Waals surface area contributed by atoms with E-state index in [1.54, 1.807) is 37.4 Å². The van der Waals surface area contributed by atoms with Crippen LogP contribution >= 0.6 is 0 Å². The highest BCUT2D eigenvalue weighted by Crippen LogP contribution is 2.25. The van der Waals surface area contributed by atoms with Crippen molar-refractivity contribution in [1.29, 1.82) is 0 Å². The van der Waals surface area contributed by atoms with E-state index in [4.69, 9.17) is 4.74 Å². The van der Waals surface area contributed by atoms with E-state index in [9.17, 15) is 8.42 Å². The third kappa shape index (κ3) is 3.09. The Morgan fingerprint density at radius 3 is 2.57 bits per heavy atom. The molecule has 0 fully saturated rings. The van der Waals surface area contributed by atoms with Crippen LogP contribution in [-0.4, -0.2) is 20.1 Å². The maximum absolute atomic E-state index is 12.3. The Balaban J connectivity index is 1.90. The molecule has 3 aromatic rings. The van der Waals surface area contributed by atoms with Gasteiger partial charge in [-0.2, -0.15) is 0 Å². The average Bonchev–Trinajstić information content (AvgIpc) is 2.89. The molecule has 1 N–H and O–H groups in total. The van der Waals surface area contributed by atoms with Gasteiger partial charge in [-0.05, 0) is 35.9 Å². The van der Waals surface area contributed by atoms with E-state index in [0.717, 1.165) is 22.2 Å². The number of aromatic nitrogens is 1. The molecule has 120 valence electrons. The van der Waals surface area contributed by atoms with E-state index in [1.807, 2.05) is 36.0 Å². The highest BCUT2D eigenvalue weighted by Gasteiger charge is 2.15. The molecule has 0 saturated heterocycles. The second-order valence-corrected chi connectivity index (χ2v) is 7.05. The van der Waals surface area contributed by atoms with Crippen molar-refractivity contribution in [3.63, 3.8) is 0 Å². The summed E-state index contributed by atoms with van der Waals surface area (Å²) >= 11 is 0. The molecule has 3 rings (SSSR count). The topological polar surface area (TPSA) is 60.3 Å². The van der Waals surface area contributed by atoms with Crippen molar-refractivity contribution >= 4 is 20.9 Å². The summed E-state index contributed by atoms with van der Waals surface area (Å²) in [5, 5.41) is 0.975. The van der Waals surface area contributed by atoms with Crippen LogP contribution in [0.1, 0.15) is 5.56 Å². The first-order chi connectivity index (χ1) is 11.0. The zero-order valence-electron chi connectivity index (χ0n) is 13.0. The molecular formula is C17H18N2O3S. The lowest BCUT2D eigenvalue weighted by Crippen LogP contribution is -2.23. The van der Waals surface area contributed by atoms with E-state index in [2.05, 4.69) is 4.72 Å². The smallest absolute Gasteiger partial charge is 0.240 e. The molecule has 0 aliphatic heterocycles. The molecule has 1 heterocycles. The molecule has 0 aliphatic rings. The van der Waals surface area contributed by atoms with Crippen LogP contribution in [0.2, 0.25) is 0 Å². The van der Waals surface area contributed by atoms with Crippen LogP contribution in [0, 0.1) is 0 Å². The van der Waals surface area contributed by atoms with Gasteiger partial charge in [0.1, 0.15) is 5.75 Å². The van der Waals surface area contributed by atoms with Crippen LogP contribution in [0.25, 0.3) is 10.9 Å². The molecule has 6 heteroatoms. The molecule has 0 bridgehead atoms. The van der Waals surface area contributed by atoms with E-state index < -0.39 is 10.0 Å². The maximum Gasteiger partial charge on any atom is 0.240 e. The molecule has 5 nitrogen and oxygen atoms in total. The lowest BCUT2D eigenvalue weighted by Gasteiger charge is -2.06. The van der Waals surface area contributed by atoms with Crippen LogP contribution in [-0.2, 0) is 23.6 Å². The number of nitrogens with one attached hydrogen (secondary N) is 1. The third-order valence-corrected chi connectivity index (χ3v) is 5.20. The molecule has 0 saturated carbocycles. The van der Waals surface area contributed by atoms with Gasteiger partial charge >= 0.3 is 0 Å². The number of hydrogen-bond donors (Lipinski definition) is 1. The summed E-state index contributed by atoms with van der Waals surface area (Å²) in [6.07, 6.45) is 1.93. The molecule has 0 amide bonds. The number of hydrogen-bond acceptors (Lipinski definition) is 3. The van der Waals surface area contributed by atoms with Crippen molar-refractivity contribution in [2.24, 2.45) is 7.05 Å². The Hall–Kier alpha value is -2.31.